The smallest absolute Gasteiger partial charge is 0.255 e. The number of amides is 1. The third kappa shape index (κ3) is 6.25. The first-order valence-electron chi connectivity index (χ1n) is 8.49. The fraction of sp³-hybridized carbons (Fsp3) is 0.350. The third-order valence-corrected chi connectivity index (χ3v) is 3.99. The van der Waals surface area contributed by atoms with Crippen molar-refractivity contribution in [3.63, 3.8) is 0 Å². The van der Waals surface area contributed by atoms with Crippen LogP contribution in [0.2, 0.25) is 5.02 Å². The Labute approximate surface area is 149 Å². The summed E-state index contributed by atoms with van der Waals surface area (Å²) in [5, 5.41) is 3.48. The number of rotatable bonds is 9. The maximum atomic E-state index is 12.2. The molecule has 2 rings (SSSR count). The summed E-state index contributed by atoms with van der Waals surface area (Å²) in [5.74, 6) is 0.650. The van der Waals surface area contributed by atoms with Crippen LogP contribution in [0.15, 0.2) is 48.5 Å². The number of anilines is 1. The molecule has 0 radical (unpaired) electrons. The second-order valence-corrected chi connectivity index (χ2v) is 6.18. The highest BCUT2D eigenvalue weighted by molar-refractivity contribution is 6.30. The molecule has 0 aliphatic carbocycles. The lowest BCUT2D eigenvalue weighted by atomic mass is 10.1. The largest absolute Gasteiger partial charge is 0.494 e. The van der Waals surface area contributed by atoms with E-state index in [-0.39, 0.29) is 5.91 Å². The van der Waals surface area contributed by atoms with Gasteiger partial charge in [-0.1, -0.05) is 44.2 Å². The average molecular weight is 346 g/mol. The number of hydrogen-bond donors (Lipinski definition) is 1. The Bertz CT molecular complexity index is 623. The van der Waals surface area contributed by atoms with Gasteiger partial charge < -0.3 is 10.1 Å². The van der Waals surface area contributed by atoms with Gasteiger partial charge >= 0.3 is 0 Å². The molecule has 0 aliphatic heterocycles. The normalized spacial score (nSPS) is 10.4. The Kier molecular flexibility index (Phi) is 7.63. The highest BCUT2D eigenvalue weighted by Crippen LogP contribution is 2.17. The number of unbranched alkanes of at least 4 members (excludes halogenated alkanes) is 4. The molecule has 0 aromatic heterocycles. The number of carbonyl (C=O) groups excluding carboxylic acids is 1. The quantitative estimate of drug-likeness (QED) is 0.571. The topological polar surface area (TPSA) is 38.3 Å². The first-order chi connectivity index (χ1) is 11.7. The molecule has 2 aromatic rings. The van der Waals surface area contributed by atoms with Crippen LogP contribution in [0.5, 0.6) is 5.75 Å². The van der Waals surface area contributed by atoms with Crippen LogP contribution < -0.4 is 10.1 Å². The molecule has 24 heavy (non-hydrogen) atoms. The fourth-order valence-corrected chi connectivity index (χ4v) is 2.46. The summed E-state index contributed by atoms with van der Waals surface area (Å²) < 4.78 is 5.71. The predicted octanol–water partition coefficient (Wildman–Crippen LogP) is 5.94. The van der Waals surface area contributed by atoms with Crippen molar-refractivity contribution in [2.75, 3.05) is 11.9 Å². The SMILES string of the molecule is CCCCCCCOc1ccc(C(=O)Nc2ccc(Cl)cc2)cc1. The molecule has 0 spiro atoms. The van der Waals surface area contributed by atoms with Gasteiger partial charge in [0.15, 0.2) is 0 Å². The van der Waals surface area contributed by atoms with Gasteiger partial charge in [-0.3, -0.25) is 4.79 Å². The standard InChI is InChI=1S/C20H24ClNO2/c1-2-3-4-5-6-15-24-19-13-7-16(8-14-19)20(23)22-18-11-9-17(21)10-12-18/h7-14H,2-6,15H2,1H3,(H,22,23). The lowest BCUT2D eigenvalue weighted by Gasteiger charge is -2.08. The number of nitrogens with one attached hydrogen (secondary N) is 1. The van der Waals surface area contributed by atoms with E-state index in [1.807, 2.05) is 12.1 Å². The molecule has 0 aliphatic rings. The molecule has 2 aromatic carbocycles. The van der Waals surface area contributed by atoms with Gasteiger partial charge in [0.25, 0.3) is 5.91 Å². The van der Waals surface area contributed by atoms with E-state index >= 15 is 0 Å². The van der Waals surface area contributed by atoms with Crippen molar-refractivity contribution in [1.29, 1.82) is 0 Å². The maximum absolute atomic E-state index is 12.2. The number of halogens is 1. The molecular weight excluding hydrogens is 322 g/mol. The van der Waals surface area contributed by atoms with Crippen molar-refractivity contribution in [2.24, 2.45) is 0 Å². The van der Waals surface area contributed by atoms with Crippen LogP contribution in [-0.2, 0) is 0 Å². The van der Waals surface area contributed by atoms with Crippen molar-refractivity contribution >= 4 is 23.2 Å². The molecule has 0 fully saturated rings. The molecule has 3 nitrogen and oxygen atoms in total. The zero-order valence-corrected chi connectivity index (χ0v) is 14.8. The van der Waals surface area contributed by atoms with E-state index in [2.05, 4.69) is 12.2 Å². The first kappa shape index (κ1) is 18.3. The molecule has 0 heterocycles. The van der Waals surface area contributed by atoms with E-state index in [0.717, 1.165) is 24.5 Å². The molecule has 1 amide bonds. The Balaban J connectivity index is 1.78. The van der Waals surface area contributed by atoms with E-state index in [9.17, 15) is 4.79 Å². The lowest BCUT2D eigenvalue weighted by Crippen LogP contribution is -2.11. The van der Waals surface area contributed by atoms with Gasteiger partial charge in [0.1, 0.15) is 5.75 Å². The number of ether oxygens (including phenoxy) is 1. The van der Waals surface area contributed by atoms with Crippen LogP contribution in [0.3, 0.4) is 0 Å². The van der Waals surface area contributed by atoms with Crippen LogP contribution in [0.4, 0.5) is 5.69 Å². The molecule has 0 saturated heterocycles. The zero-order chi connectivity index (χ0) is 17.2. The minimum atomic E-state index is -0.150. The molecule has 0 unspecified atom stereocenters. The summed E-state index contributed by atoms with van der Waals surface area (Å²) >= 11 is 5.83. The van der Waals surface area contributed by atoms with Crippen molar-refractivity contribution in [3.8, 4) is 5.75 Å². The minimum absolute atomic E-state index is 0.150. The van der Waals surface area contributed by atoms with E-state index in [4.69, 9.17) is 16.3 Å². The van der Waals surface area contributed by atoms with Crippen LogP contribution in [0.1, 0.15) is 49.4 Å². The van der Waals surface area contributed by atoms with Crippen molar-refractivity contribution in [3.05, 3.63) is 59.1 Å². The van der Waals surface area contributed by atoms with Crippen molar-refractivity contribution < 1.29 is 9.53 Å². The van der Waals surface area contributed by atoms with Crippen LogP contribution in [0, 0.1) is 0 Å². The Morgan fingerprint density at radius 2 is 1.62 bits per heavy atom. The van der Waals surface area contributed by atoms with Gasteiger partial charge in [-0.25, -0.2) is 0 Å². The van der Waals surface area contributed by atoms with Gasteiger partial charge in [0.05, 0.1) is 6.61 Å². The monoisotopic (exact) mass is 345 g/mol. The molecular formula is C20H24ClNO2. The molecule has 0 atom stereocenters. The van der Waals surface area contributed by atoms with Gasteiger partial charge in [-0.2, -0.15) is 0 Å². The second-order valence-electron chi connectivity index (χ2n) is 5.75. The number of benzene rings is 2. The van der Waals surface area contributed by atoms with Crippen molar-refractivity contribution in [1.82, 2.24) is 0 Å². The Morgan fingerprint density at radius 3 is 2.29 bits per heavy atom. The third-order valence-electron chi connectivity index (χ3n) is 3.74. The van der Waals surface area contributed by atoms with E-state index < -0.39 is 0 Å². The summed E-state index contributed by atoms with van der Waals surface area (Å²) in [4.78, 5) is 12.2. The van der Waals surface area contributed by atoms with Crippen LogP contribution in [0.25, 0.3) is 0 Å². The Hall–Kier alpha value is -2.00. The first-order valence-corrected chi connectivity index (χ1v) is 8.86. The lowest BCUT2D eigenvalue weighted by molar-refractivity contribution is 0.102. The second kappa shape index (κ2) is 9.99. The number of hydrogen-bond acceptors (Lipinski definition) is 2. The molecule has 1 N–H and O–H groups in total. The summed E-state index contributed by atoms with van der Waals surface area (Å²) in [5.41, 5.74) is 1.32. The average Bonchev–Trinajstić information content (AvgIpc) is 2.60. The number of carbonyl (C=O) groups is 1. The maximum Gasteiger partial charge on any atom is 0.255 e. The van der Waals surface area contributed by atoms with Gasteiger partial charge in [-0.05, 0) is 55.0 Å². The van der Waals surface area contributed by atoms with Gasteiger partial charge in [-0.15, -0.1) is 0 Å². The minimum Gasteiger partial charge on any atom is -0.494 e. The molecule has 0 bridgehead atoms. The summed E-state index contributed by atoms with van der Waals surface area (Å²) in [6, 6.07) is 14.3. The highest BCUT2D eigenvalue weighted by Gasteiger charge is 2.06. The van der Waals surface area contributed by atoms with Crippen LogP contribution in [-0.4, -0.2) is 12.5 Å². The molecule has 4 heteroatoms. The molecule has 0 saturated carbocycles. The molecule has 128 valence electrons. The van der Waals surface area contributed by atoms with Crippen molar-refractivity contribution in [2.45, 2.75) is 39.0 Å². The van der Waals surface area contributed by atoms with E-state index in [0.29, 0.717) is 10.6 Å². The fourth-order valence-electron chi connectivity index (χ4n) is 2.33. The van der Waals surface area contributed by atoms with Gasteiger partial charge in [0, 0.05) is 16.3 Å². The summed E-state index contributed by atoms with van der Waals surface area (Å²) in [6.07, 6.45) is 6.08. The Morgan fingerprint density at radius 1 is 0.958 bits per heavy atom. The summed E-state index contributed by atoms with van der Waals surface area (Å²) in [6.45, 7) is 2.93. The van der Waals surface area contributed by atoms with E-state index in [1.54, 1.807) is 36.4 Å². The van der Waals surface area contributed by atoms with E-state index in [1.165, 1.54) is 25.7 Å². The van der Waals surface area contributed by atoms with Gasteiger partial charge in [0.2, 0.25) is 0 Å². The zero-order valence-electron chi connectivity index (χ0n) is 14.1. The predicted molar refractivity (Wildman–Crippen MR) is 100 cm³/mol. The summed E-state index contributed by atoms with van der Waals surface area (Å²) in [7, 11) is 0. The highest BCUT2D eigenvalue weighted by atomic mass is 35.5. The van der Waals surface area contributed by atoms with Crippen LogP contribution >= 0.6 is 11.6 Å².